The van der Waals surface area contributed by atoms with Crippen LogP contribution in [0.25, 0.3) is 95.0 Å². The molecule has 0 atom stereocenters. The van der Waals surface area contributed by atoms with Crippen molar-refractivity contribution in [2.75, 3.05) is 0 Å². The van der Waals surface area contributed by atoms with Crippen LogP contribution in [0.5, 0.6) is 0 Å². The summed E-state index contributed by atoms with van der Waals surface area (Å²) < 4.78 is 2.33. The molecule has 0 aliphatic heterocycles. The summed E-state index contributed by atoms with van der Waals surface area (Å²) in [4.78, 5) is 15.4. The van der Waals surface area contributed by atoms with Crippen LogP contribution < -0.4 is 0 Å². The molecule has 0 radical (unpaired) electrons. The van der Waals surface area contributed by atoms with Gasteiger partial charge in [-0.15, -0.1) is 0 Å². The maximum absolute atomic E-state index is 5.18. The minimum absolute atomic E-state index is 0.350. The molecular formula is C58H36N4. The summed E-state index contributed by atoms with van der Waals surface area (Å²) in [5.74, 6) is 1.90. The zero-order valence-electron chi connectivity index (χ0n) is 33.6. The van der Waals surface area contributed by atoms with Crippen molar-refractivity contribution in [2.45, 2.75) is 5.41 Å². The van der Waals surface area contributed by atoms with Crippen LogP contribution in [0.3, 0.4) is 0 Å². The van der Waals surface area contributed by atoms with Gasteiger partial charge in [0.2, 0.25) is 0 Å². The van der Waals surface area contributed by atoms with Crippen LogP contribution in [0, 0.1) is 0 Å². The Morgan fingerprint density at radius 3 is 1.40 bits per heavy atom. The molecule has 4 heteroatoms. The van der Waals surface area contributed by atoms with Crippen LogP contribution in [-0.2, 0) is 5.41 Å². The van der Waals surface area contributed by atoms with Crippen molar-refractivity contribution in [1.29, 1.82) is 0 Å². The first-order chi connectivity index (χ1) is 30.7. The van der Waals surface area contributed by atoms with E-state index >= 15 is 0 Å². The predicted octanol–water partition coefficient (Wildman–Crippen LogP) is 14.0. The average molecular weight is 789 g/mol. The second-order valence-electron chi connectivity index (χ2n) is 16.3. The molecule has 2 aliphatic carbocycles. The minimum Gasteiger partial charge on any atom is -0.309 e. The van der Waals surface area contributed by atoms with E-state index in [0.29, 0.717) is 17.5 Å². The Balaban J connectivity index is 0.922. The molecule has 2 aromatic heterocycles. The van der Waals surface area contributed by atoms with Gasteiger partial charge in [0.1, 0.15) is 0 Å². The molecule has 11 aromatic rings. The summed E-state index contributed by atoms with van der Waals surface area (Å²) in [7, 11) is 0. The van der Waals surface area contributed by atoms with E-state index in [2.05, 4.69) is 205 Å². The van der Waals surface area contributed by atoms with Gasteiger partial charge in [0.05, 0.1) is 16.4 Å². The molecule has 0 N–H and O–H groups in total. The Morgan fingerprint density at radius 2 is 0.742 bits per heavy atom. The van der Waals surface area contributed by atoms with Crippen LogP contribution in [0.1, 0.15) is 22.3 Å². The lowest BCUT2D eigenvalue weighted by molar-refractivity contribution is 0.794. The molecule has 4 nitrogen and oxygen atoms in total. The van der Waals surface area contributed by atoms with Crippen molar-refractivity contribution in [2.24, 2.45) is 0 Å². The summed E-state index contributed by atoms with van der Waals surface area (Å²) in [5, 5.41) is 2.39. The maximum Gasteiger partial charge on any atom is 0.164 e. The van der Waals surface area contributed by atoms with Gasteiger partial charge in [-0.05, 0) is 86.0 Å². The Labute approximate surface area is 359 Å². The standard InChI is InChI=1S/C58H36N4/c1-3-15-38(16-4-1)55-59-56(61-57(60-55)41-31-33-47-46-22-10-14-26-53(46)62(54(47)36-41)42-17-5-2-6-18-42)39-29-27-37(28-30-39)40-32-34-52-48(35-40)45-21-9-13-25-51(45)58(52)49-23-11-7-19-43(49)44-20-8-12-24-50(44)58/h1-36H. The van der Waals surface area contributed by atoms with Crippen molar-refractivity contribution in [3.05, 3.63) is 241 Å². The number of aromatic nitrogens is 4. The fourth-order valence-electron chi connectivity index (χ4n) is 10.4. The highest BCUT2D eigenvalue weighted by molar-refractivity contribution is 6.10. The van der Waals surface area contributed by atoms with Gasteiger partial charge >= 0.3 is 0 Å². The van der Waals surface area contributed by atoms with Gasteiger partial charge in [0, 0.05) is 33.2 Å². The van der Waals surface area contributed by atoms with Crippen molar-refractivity contribution >= 4 is 21.8 Å². The molecule has 1 spiro atoms. The van der Waals surface area contributed by atoms with E-state index in [1.54, 1.807) is 0 Å². The number of hydrogen-bond donors (Lipinski definition) is 0. The highest BCUT2D eigenvalue weighted by Crippen LogP contribution is 2.63. The lowest BCUT2D eigenvalue weighted by atomic mass is 9.70. The van der Waals surface area contributed by atoms with Crippen molar-refractivity contribution in [3.63, 3.8) is 0 Å². The topological polar surface area (TPSA) is 43.6 Å². The van der Waals surface area contributed by atoms with Crippen LogP contribution in [0.4, 0.5) is 0 Å². The molecule has 13 rings (SSSR count). The van der Waals surface area contributed by atoms with Crippen LogP contribution in [-0.4, -0.2) is 19.5 Å². The minimum atomic E-state index is -0.350. The quantitative estimate of drug-likeness (QED) is 0.174. The summed E-state index contributed by atoms with van der Waals surface area (Å²) >= 11 is 0. The molecule has 2 aliphatic rings. The highest BCUT2D eigenvalue weighted by Gasteiger charge is 2.51. The zero-order valence-corrected chi connectivity index (χ0v) is 33.6. The first-order valence-electron chi connectivity index (χ1n) is 21.2. The van der Waals surface area contributed by atoms with Gasteiger partial charge in [0.25, 0.3) is 0 Å². The third-order valence-corrected chi connectivity index (χ3v) is 13.1. The molecular weight excluding hydrogens is 753 g/mol. The molecule has 62 heavy (non-hydrogen) atoms. The summed E-state index contributed by atoms with van der Waals surface area (Å²) in [5.41, 5.74) is 18.7. The number of benzene rings is 9. The summed E-state index contributed by atoms with van der Waals surface area (Å²) in [6, 6.07) is 78.5. The van der Waals surface area contributed by atoms with Gasteiger partial charge in [-0.25, -0.2) is 15.0 Å². The number of fused-ring (bicyclic) bond motifs is 13. The Hall–Kier alpha value is -8.21. The fourth-order valence-corrected chi connectivity index (χ4v) is 10.4. The lowest BCUT2D eigenvalue weighted by Crippen LogP contribution is -2.25. The third-order valence-electron chi connectivity index (χ3n) is 13.1. The molecule has 288 valence electrons. The van der Waals surface area contributed by atoms with Crippen molar-refractivity contribution < 1.29 is 0 Å². The molecule has 9 aromatic carbocycles. The van der Waals surface area contributed by atoms with Gasteiger partial charge in [-0.2, -0.15) is 0 Å². The second kappa shape index (κ2) is 13.4. The van der Waals surface area contributed by atoms with Crippen molar-refractivity contribution in [3.8, 4) is 73.2 Å². The summed E-state index contributed by atoms with van der Waals surface area (Å²) in [6.07, 6.45) is 0. The van der Waals surface area contributed by atoms with E-state index in [1.807, 2.05) is 18.2 Å². The smallest absolute Gasteiger partial charge is 0.164 e. The number of para-hydroxylation sites is 2. The highest BCUT2D eigenvalue weighted by atomic mass is 15.0. The molecule has 0 bridgehead atoms. The molecule has 0 saturated carbocycles. The normalized spacial score (nSPS) is 13.0. The lowest BCUT2D eigenvalue weighted by Gasteiger charge is -2.30. The second-order valence-corrected chi connectivity index (χ2v) is 16.3. The average Bonchev–Trinajstić information content (AvgIpc) is 3.96. The van der Waals surface area contributed by atoms with Crippen molar-refractivity contribution in [1.82, 2.24) is 19.5 Å². The molecule has 2 heterocycles. The van der Waals surface area contributed by atoms with Gasteiger partial charge in [0.15, 0.2) is 17.5 Å². The SMILES string of the molecule is c1ccc(-c2nc(-c3ccc(-c4ccc5c(c4)-c4ccccc4C54c5ccccc5-c5ccccc54)cc3)nc(-c3ccc4c5ccccc5n(-c5ccccc5)c4c3)n2)cc1. The maximum atomic E-state index is 5.18. The third kappa shape index (κ3) is 4.98. The van der Waals surface area contributed by atoms with E-state index in [9.17, 15) is 0 Å². The summed E-state index contributed by atoms with van der Waals surface area (Å²) in [6.45, 7) is 0. The predicted molar refractivity (Wildman–Crippen MR) is 252 cm³/mol. The number of nitrogens with zero attached hydrogens (tertiary/aromatic N) is 4. The monoisotopic (exact) mass is 788 g/mol. The van der Waals surface area contributed by atoms with E-state index in [-0.39, 0.29) is 5.41 Å². The largest absolute Gasteiger partial charge is 0.309 e. The van der Waals surface area contributed by atoms with E-state index in [0.717, 1.165) is 39.0 Å². The van der Waals surface area contributed by atoms with Gasteiger partial charge in [-0.1, -0.05) is 188 Å². The first kappa shape index (κ1) is 34.6. The zero-order chi connectivity index (χ0) is 40.8. The van der Waals surface area contributed by atoms with Crippen LogP contribution >= 0.6 is 0 Å². The molecule has 0 unspecified atom stereocenters. The molecule has 0 amide bonds. The van der Waals surface area contributed by atoms with E-state index < -0.39 is 0 Å². The Bertz CT molecular complexity index is 3520. The first-order valence-corrected chi connectivity index (χ1v) is 21.2. The van der Waals surface area contributed by atoms with Crippen LogP contribution in [0.2, 0.25) is 0 Å². The van der Waals surface area contributed by atoms with E-state index in [1.165, 1.54) is 60.8 Å². The Kier molecular flexibility index (Phi) is 7.49. The number of rotatable bonds is 5. The molecule has 0 fully saturated rings. The van der Waals surface area contributed by atoms with Gasteiger partial charge < -0.3 is 4.57 Å². The van der Waals surface area contributed by atoms with Crippen LogP contribution in [0.15, 0.2) is 218 Å². The van der Waals surface area contributed by atoms with E-state index in [4.69, 9.17) is 15.0 Å². The Morgan fingerprint density at radius 1 is 0.290 bits per heavy atom. The van der Waals surface area contributed by atoms with Gasteiger partial charge in [-0.3, -0.25) is 0 Å². The fraction of sp³-hybridized carbons (Fsp3) is 0.0172. The molecule has 0 saturated heterocycles. The number of hydrogen-bond acceptors (Lipinski definition) is 3.